The Balaban J connectivity index is 2.52. The summed E-state index contributed by atoms with van der Waals surface area (Å²) < 4.78 is 7.60. The van der Waals surface area contributed by atoms with Gasteiger partial charge in [0, 0.05) is 12.6 Å². The molecule has 20 heavy (non-hydrogen) atoms. The lowest BCUT2D eigenvalue weighted by Gasteiger charge is -2.15. The van der Waals surface area contributed by atoms with Gasteiger partial charge in [-0.15, -0.1) is 0 Å². The molecule has 0 bridgehead atoms. The van der Waals surface area contributed by atoms with Crippen molar-refractivity contribution in [3.05, 3.63) is 26.6 Å². The summed E-state index contributed by atoms with van der Waals surface area (Å²) in [6, 6.07) is 4.78. The van der Waals surface area contributed by atoms with Crippen LogP contribution < -0.4 is 10.1 Å². The van der Waals surface area contributed by atoms with Gasteiger partial charge in [0.05, 0.1) is 15.6 Å². The molecule has 2 nitrogen and oxygen atoms in total. The Labute approximate surface area is 143 Å². The van der Waals surface area contributed by atoms with Gasteiger partial charge in [-0.25, -0.2) is 0 Å². The molecule has 0 radical (unpaired) electrons. The summed E-state index contributed by atoms with van der Waals surface area (Å²) in [5.41, 5.74) is 1.25. The summed E-state index contributed by atoms with van der Waals surface area (Å²) in [4.78, 5) is 0. The highest BCUT2D eigenvalue weighted by Crippen LogP contribution is 2.34. The number of halogens is 2. The summed E-state index contributed by atoms with van der Waals surface area (Å²) in [6.45, 7) is 7.99. The molecule has 1 unspecified atom stereocenters. The lowest BCUT2D eigenvalue weighted by atomic mass is 10.2. The first kappa shape index (κ1) is 18.3. The lowest BCUT2D eigenvalue weighted by Crippen LogP contribution is -2.26. The van der Waals surface area contributed by atoms with Crippen molar-refractivity contribution in [1.82, 2.24) is 5.32 Å². The Bertz CT molecular complexity index is 392. The number of ether oxygens (including phenoxy) is 1. The van der Waals surface area contributed by atoms with E-state index in [4.69, 9.17) is 4.74 Å². The predicted octanol–water partition coefficient (Wildman–Crippen LogP) is 5.23. The molecule has 0 amide bonds. The Morgan fingerprint density at radius 1 is 1.25 bits per heavy atom. The van der Waals surface area contributed by atoms with Crippen molar-refractivity contribution in [2.45, 2.75) is 39.8 Å². The van der Waals surface area contributed by atoms with Gasteiger partial charge in [-0.2, -0.15) is 11.8 Å². The Morgan fingerprint density at radius 2 is 1.90 bits per heavy atom. The van der Waals surface area contributed by atoms with Crippen LogP contribution in [0.3, 0.4) is 0 Å². The van der Waals surface area contributed by atoms with E-state index in [0.29, 0.717) is 12.6 Å². The molecule has 1 N–H and O–H groups in total. The van der Waals surface area contributed by atoms with Crippen molar-refractivity contribution >= 4 is 43.6 Å². The third-order valence-electron chi connectivity index (χ3n) is 2.90. The van der Waals surface area contributed by atoms with E-state index in [2.05, 4.69) is 63.2 Å². The van der Waals surface area contributed by atoms with Crippen LogP contribution in [0.5, 0.6) is 5.75 Å². The highest BCUT2D eigenvalue weighted by atomic mass is 79.9. The zero-order valence-corrected chi connectivity index (χ0v) is 16.3. The summed E-state index contributed by atoms with van der Waals surface area (Å²) >= 11 is 9.14. The van der Waals surface area contributed by atoms with Gasteiger partial charge in [-0.1, -0.05) is 6.92 Å². The van der Waals surface area contributed by atoms with Crippen LogP contribution in [0.2, 0.25) is 0 Å². The van der Waals surface area contributed by atoms with E-state index in [-0.39, 0.29) is 0 Å². The molecule has 0 heterocycles. The van der Waals surface area contributed by atoms with Gasteiger partial charge in [0.1, 0.15) is 5.75 Å². The van der Waals surface area contributed by atoms with E-state index < -0.39 is 0 Å². The van der Waals surface area contributed by atoms with E-state index >= 15 is 0 Å². The molecule has 1 aromatic rings. The number of benzene rings is 1. The molecule has 5 heteroatoms. The average molecular weight is 425 g/mol. The van der Waals surface area contributed by atoms with Gasteiger partial charge < -0.3 is 10.1 Å². The second-order valence-electron chi connectivity index (χ2n) is 4.59. The molecule has 0 aliphatic rings. The van der Waals surface area contributed by atoms with E-state index in [1.54, 1.807) is 0 Å². The van der Waals surface area contributed by atoms with Crippen molar-refractivity contribution in [3.63, 3.8) is 0 Å². The Morgan fingerprint density at radius 3 is 2.45 bits per heavy atom. The van der Waals surface area contributed by atoms with E-state index in [9.17, 15) is 0 Å². The number of hydrogen-bond acceptors (Lipinski definition) is 3. The van der Waals surface area contributed by atoms with Crippen molar-refractivity contribution in [1.29, 1.82) is 0 Å². The number of hydrogen-bond donors (Lipinski definition) is 1. The molecule has 0 saturated heterocycles. The van der Waals surface area contributed by atoms with Crippen LogP contribution in [0.25, 0.3) is 0 Å². The molecule has 1 aromatic carbocycles. The Kier molecular flexibility index (Phi) is 9.25. The van der Waals surface area contributed by atoms with Crippen molar-refractivity contribution in [3.8, 4) is 5.75 Å². The maximum atomic E-state index is 5.60. The first-order valence-electron chi connectivity index (χ1n) is 7.00. The summed E-state index contributed by atoms with van der Waals surface area (Å²) in [6.07, 6.45) is 1.21. The molecule has 0 aliphatic heterocycles. The quantitative estimate of drug-likeness (QED) is 0.548. The smallest absolute Gasteiger partial charge is 0.147 e. The standard InChI is InChI=1S/C15H23Br2NOS/c1-4-19-15-13(16)8-12(9-14(15)17)10-18-11(3)6-7-20-5-2/h8-9,11,18H,4-7,10H2,1-3H3. The minimum atomic E-state index is 0.540. The highest BCUT2D eigenvalue weighted by Gasteiger charge is 2.09. The minimum Gasteiger partial charge on any atom is -0.492 e. The topological polar surface area (TPSA) is 21.3 Å². The minimum absolute atomic E-state index is 0.540. The van der Waals surface area contributed by atoms with E-state index in [1.807, 2.05) is 18.7 Å². The van der Waals surface area contributed by atoms with Crippen LogP contribution >= 0.6 is 43.6 Å². The highest BCUT2D eigenvalue weighted by molar-refractivity contribution is 9.11. The van der Waals surface area contributed by atoms with Gasteiger partial charge in [0.15, 0.2) is 0 Å². The second-order valence-corrected chi connectivity index (χ2v) is 7.69. The zero-order chi connectivity index (χ0) is 15.0. The predicted molar refractivity (Wildman–Crippen MR) is 96.9 cm³/mol. The van der Waals surface area contributed by atoms with Gasteiger partial charge >= 0.3 is 0 Å². The Hall–Kier alpha value is 0.290. The summed E-state index contributed by atoms with van der Waals surface area (Å²) in [5, 5.41) is 3.57. The van der Waals surface area contributed by atoms with Crippen LogP contribution in [0, 0.1) is 0 Å². The fraction of sp³-hybridized carbons (Fsp3) is 0.600. The van der Waals surface area contributed by atoms with E-state index in [1.165, 1.54) is 23.5 Å². The first-order chi connectivity index (χ1) is 9.58. The van der Waals surface area contributed by atoms with Crippen LogP contribution in [-0.2, 0) is 6.54 Å². The fourth-order valence-electron chi connectivity index (χ4n) is 1.80. The van der Waals surface area contributed by atoms with Crippen LogP contribution in [0.4, 0.5) is 0 Å². The van der Waals surface area contributed by atoms with Gasteiger partial charge in [0.2, 0.25) is 0 Å². The maximum Gasteiger partial charge on any atom is 0.147 e. The normalized spacial score (nSPS) is 12.4. The third kappa shape index (κ3) is 6.37. The molecule has 1 rings (SSSR count). The number of thioether (sulfide) groups is 1. The molecule has 1 atom stereocenters. The van der Waals surface area contributed by atoms with Crippen molar-refractivity contribution in [2.75, 3.05) is 18.1 Å². The fourth-order valence-corrected chi connectivity index (χ4v) is 4.11. The molecule has 0 spiro atoms. The van der Waals surface area contributed by atoms with E-state index in [0.717, 1.165) is 21.2 Å². The van der Waals surface area contributed by atoms with Gasteiger partial charge in [0.25, 0.3) is 0 Å². The van der Waals surface area contributed by atoms with Crippen molar-refractivity contribution in [2.24, 2.45) is 0 Å². The molecule has 0 aliphatic carbocycles. The third-order valence-corrected chi connectivity index (χ3v) is 5.01. The zero-order valence-electron chi connectivity index (χ0n) is 12.3. The van der Waals surface area contributed by atoms with Crippen LogP contribution in [0.15, 0.2) is 21.1 Å². The van der Waals surface area contributed by atoms with Crippen LogP contribution in [-0.4, -0.2) is 24.2 Å². The molecule has 0 aromatic heterocycles. The molecular weight excluding hydrogens is 402 g/mol. The molecule has 114 valence electrons. The number of nitrogens with one attached hydrogen (secondary N) is 1. The molecule has 0 fully saturated rings. The second kappa shape index (κ2) is 10.1. The molecule has 0 saturated carbocycles. The lowest BCUT2D eigenvalue weighted by molar-refractivity contribution is 0.336. The van der Waals surface area contributed by atoms with Crippen molar-refractivity contribution < 1.29 is 4.74 Å². The largest absolute Gasteiger partial charge is 0.492 e. The first-order valence-corrected chi connectivity index (χ1v) is 9.74. The number of rotatable bonds is 9. The maximum absolute atomic E-state index is 5.60. The average Bonchev–Trinajstić information content (AvgIpc) is 2.41. The van der Waals surface area contributed by atoms with Crippen LogP contribution in [0.1, 0.15) is 32.8 Å². The monoisotopic (exact) mass is 423 g/mol. The molecular formula is C15H23Br2NOS. The summed E-state index contributed by atoms with van der Waals surface area (Å²) in [5.74, 6) is 3.30. The van der Waals surface area contributed by atoms with Gasteiger partial charge in [-0.05, 0) is 81.3 Å². The SMILES string of the molecule is CCOc1c(Br)cc(CNC(C)CCSCC)cc1Br. The summed E-state index contributed by atoms with van der Waals surface area (Å²) in [7, 11) is 0. The van der Waals surface area contributed by atoms with Gasteiger partial charge in [-0.3, -0.25) is 0 Å².